The highest BCUT2D eigenvalue weighted by atomic mass is 16.5. The van der Waals surface area contributed by atoms with Gasteiger partial charge in [0.05, 0.1) is 12.7 Å². The third-order valence-corrected chi connectivity index (χ3v) is 3.70. The number of hydrogen-bond acceptors (Lipinski definition) is 4. The number of carbonyl (C=O) groups excluding carboxylic acids is 1. The van der Waals surface area contributed by atoms with Crippen LogP contribution in [-0.4, -0.2) is 32.3 Å². The Balaban J connectivity index is 1.90. The fourth-order valence-corrected chi connectivity index (χ4v) is 2.08. The molecule has 1 N–H and O–H groups in total. The SMILES string of the molecule is CCC(C)Oc1ccc(NC(=O)c2ccc(OCCOC)cc2)cc1. The molecule has 25 heavy (non-hydrogen) atoms. The van der Waals surface area contributed by atoms with Gasteiger partial charge in [0.25, 0.3) is 5.91 Å². The Labute approximate surface area is 148 Å². The summed E-state index contributed by atoms with van der Waals surface area (Å²) >= 11 is 0. The van der Waals surface area contributed by atoms with Gasteiger partial charge in [-0.05, 0) is 61.9 Å². The van der Waals surface area contributed by atoms with E-state index in [9.17, 15) is 4.79 Å². The summed E-state index contributed by atoms with van der Waals surface area (Å²) in [6.45, 7) is 5.11. The minimum absolute atomic E-state index is 0.168. The third-order valence-electron chi connectivity index (χ3n) is 3.70. The van der Waals surface area contributed by atoms with Crippen molar-refractivity contribution in [3.8, 4) is 11.5 Å². The fourth-order valence-electron chi connectivity index (χ4n) is 2.08. The van der Waals surface area contributed by atoms with Gasteiger partial charge in [-0.25, -0.2) is 0 Å². The van der Waals surface area contributed by atoms with Crippen molar-refractivity contribution >= 4 is 11.6 Å². The van der Waals surface area contributed by atoms with Crippen LogP contribution in [0, 0.1) is 0 Å². The lowest BCUT2D eigenvalue weighted by atomic mass is 10.2. The van der Waals surface area contributed by atoms with E-state index in [-0.39, 0.29) is 12.0 Å². The second-order valence-electron chi connectivity index (χ2n) is 5.68. The Morgan fingerprint density at radius 2 is 1.64 bits per heavy atom. The molecule has 0 saturated heterocycles. The number of amides is 1. The van der Waals surface area contributed by atoms with E-state index in [1.165, 1.54) is 0 Å². The standard InChI is InChI=1S/C20H25NO4/c1-4-15(2)25-19-11-7-17(8-12-19)21-20(22)16-5-9-18(10-6-16)24-14-13-23-3/h5-12,15H,4,13-14H2,1-3H3,(H,21,22). The molecule has 0 aromatic heterocycles. The normalized spacial score (nSPS) is 11.6. The molecule has 0 aliphatic heterocycles. The van der Waals surface area contributed by atoms with E-state index in [4.69, 9.17) is 14.2 Å². The van der Waals surface area contributed by atoms with Gasteiger partial charge in [0, 0.05) is 18.4 Å². The molecule has 5 heteroatoms. The first kappa shape index (κ1) is 18.8. The van der Waals surface area contributed by atoms with Gasteiger partial charge >= 0.3 is 0 Å². The molecule has 0 aliphatic rings. The Kier molecular flexibility index (Phi) is 7.29. The van der Waals surface area contributed by atoms with Crippen molar-refractivity contribution in [2.45, 2.75) is 26.4 Å². The number of nitrogens with one attached hydrogen (secondary N) is 1. The highest BCUT2D eigenvalue weighted by Crippen LogP contribution is 2.19. The lowest BCUT2D eigenvalue weighted by molar-refractivity contribution is 0.102. The maximum atomic E-state index is 12.3. The van der Waals surface area contributed by atoms with Crippen LogP contribution in [0.5, 0.6) is 11.5 Å². The van der Waals surface area contributed by atoms with Crippen LogP contribution in [0.1, 0.15) is 30.6 Å². The molecule has 2 aromatic carbocycles. The number of rotatable bonds is 9. The molecule has 0 spiro atoms. The molecule has 0 bridgehead atoms. The summed E-state index contributed by atoms with van der Waals surface area (Å²) < 4.78 is 16.1. The first-order valence-electron chi connectivity index (χ1n) is 8.42. The zero-order valence-corrected chi connectivity index (χ0v) is 15.0. The molecular formula is C20H25NO4. The van der Waals surface area contributed by atoms with Crippen molar-refractivity contribution in [2.24, 2.45) is 0 Å². The maximum Gasteiger partial charge on any atom is 0.255 e. The zero-order chi connectivity index (χ0) is 18.1. The minimum atomic E-state index is -0.168. The van der Waals surface area contributed by atoms with Gasteiger partial charge in [-0.15, -0.1) is 0 Å². The van der Waals surface area contributed by atoms with E-state index in [0.29, 0.717) is 24.5 Å². The molecular weight excluding hydrogens is 318 g/mol. The first-order chi connectivity index (χ1) is 12.1. The van der Waals surface area contributed by atoms with Crippen LogP contribution in [0.3, 0.4) is 0 Å². The van der Waals surface area contributed by atoms with Gasteiger partial charge < -0.3 is 19.5 Å². The number of hydrogen-bond donors (Lipinski definition) is 1. The number of carbonyl (C=O) groups is 1. The van der Waals surface area contributed by atoms with Crippen LogP contribution in [0.4, 0.5) is 5.69 Å². The van der Waals surface area contributed by atoms with Crippen LogP contribution < -0.4 is 14.8 Å². The lowest BCUT2D eigenvalue weighted by Gasteiger charge is -2.13. The Bertz CT molecular complexity index is 652. The molecule has 1 amide bonds. The highest BCUT2D eigenvalue weighted by Gasteiger charge is 2.07. The number of ether oxygens (including phenoxy) is 3. The molecule has 1 unspecified atom stereocenters. The van der Waals surface area contributed by atoms with E-state index >= 15 is 0 Å². The van der Waals surface area contributed by atoms with E-state index in [1.807, 2.05) is 31.2 Å². The van der Waals surface area contributed by atoms with Crippen molar-refractivity contribution in [3.05, 3.63) is 54.1 Å². The molecule has 2 aromatic rings. The van der Waals surface area contributed by atoms with Crippen molar-refractivity contribution < 1.29 is 19.0 Å². The molecule has 1 atom stereocenters. The van der Waals surface area contributed by atoms with Crippen molar-refractivity contribution in [1.29, 1.82) is 0 Å². The summed E-state index contributed by atoms with van der Waals surface area (Å²) in [6.07, 6.45) is 1.12. The Hall–Kier alpha value is -2.53. The zero-order valence-electron chi connectivity index (χ0n) is 15.0. The van der Waals surface area contributed by atoms with E-state index < -0.39 is 0 Å². The molecule has 0 radical (unpaired) electrons. The van der Waals surface area contributed by atoms with Gasteiger partial charge in [0.2, 0.25) is 0 Å². The summed E-state index contributed by atoms with van der Waals surface area (Å²) in [5, 5.41) is 2.87. The monoisotopic (exact) mass is 343 g/mol. The van der Waals surface area contributed by atoms with Crippen LogP contribution in [0.15, 0.2) is 48.5 Å². The second-order valence-corrected chi connectivity index (χ2v) is 5.68. The van der Waals surface area contributed by atoms with Crippen molar-refractivity contribution in [1.82, 2.24) is 0 Å². The number of benzene rings is 2. The van der Waals surface area contributed by atoms with E-state index in [0.717, 1.165) is 17.9 Å². The van der Waals surface area contributed by atoms with Crippen LogP contribution in [0.2, 0.25) is 0 Å². The molecule has 0 heterocycles. The molecule has 0 saturated carbocycles. The van der Waals surface area contributed by atoms with E-state index in [1.54, 1.807) is 31.4 Å². The van der Waals surface area contributed by atoms with Crippen LogP contribution in [0.25, 0.3) is 0 Å². The van der Waals surface area contributed by atoms with E-state index in [2.05, 4.69) is 12.2 Å². The average molecular weight is 343 g/mol. The predicted molar refractivity (Wildman–Crippen MR) is 98.6 cm³/mol. The molecule has 0 aliphatic carbocycles. The highest BCUT2D eigenvalue weighted by molar-refractivity contribution is 6.04. The van der Waals surface area contributed by atoms with Gasteiger partial charge in [-0.2, -0.15) is 0 Å². The maximum absolute atomic E-state index is 12.3. The summed E-state index contributed by atoms with van der Waals surface area (Å²) in [5.41, 5.74) is 1.29. The van der Waals surface area contributed by atoms with Crippen molar-refractivity contribution in [2.75, 3.05) is 25.6 Å². The van der Waals surface area contributed by atoms with Gasteiger partial charge in [-0.3, -0.25) is 4.79 Å². The number of anilines is 1. The van der Waals surface area contributed by atoms with Gasteiger partial charge in [0.1, 0.15) is 18.1 Å². The van der Waals surface area contributed by atoms with Gasteiger partial charge in [0.15, 0.2) is 0 Å². The molecule has 2 rings (SSSR count). The fraction of sp³-hybridized carbons (Fsp3) is 0.350. The minimum Gasteiger partial charge on any atom is -0.491 e. The van der Waals surface area contributed by atoms with Crippen LogP contribution >= 0.6 is 0 Å². The first-order valence-corrected chi connectivity index (χ1v) is 8.42. The quantitative estimate of drug-likeness (QED) is 0.695. The topological polar surface area (TPSA) is 56.8 Å². The molecule has 5 nitrogen and oxygen atoms in total. The Morgan fingerprint density at radius 1 is 1.00 bits per heavy atom. The molecule has 0 fully saturated rings. The smallest absolute Gasteiger partial charge is 0.255 e. The van der Waals surface area contributed by atoms with Gasteiger partial charge in [-0.1, -0.05) is 6.92 Å². The summed E-state index contributed by atoms with van der Waals surface area (Å²) in [5.74, 6) is 1.34. The van der Waals surface area contributed by atoms with Crippen LogP contribution in [-0.2, 0) is 4.74 Å². The lowest BCUT2D eigenvalue weighted by Crippen LogP contribution is -2.12. The number of methoxy groups -OCH3 is 1. The summed E-state index contributed by atoms with van der Waals surface area (Å²) in [6, 6.07) is 14.4. The largest absolute Gasteiger partial charge is 0.491 e. The summed E-state index contributed by atoms with van der Waals surface area (Å²) in [4.78, 5) is 12.3. The average Bonchev–Trinajstić information content (AvgIpc) is 2.64. The Morgan fingerprint density at radius 3 is 2.24 bits per heavy atom. The predicted octanol–water partition coefficient (Wildman–Crippen LogP) is 4.14. The second kappa shape index (κ2) is 9.69. The molecule has 134 valence electrons. The van der Waals surface area contributed by atoms with Crippen molar-refractivity contribution in [3.63, 3.8) is 0 Å². The third kappa shape index (κ3) is 6.12. The summed E-state index contributed by atoms with van der Waals surface area (Å²) in [7, 11) is 1.62.